The molecule has 1 saturated heterocycles. The molecule has 0 spiro atoms. The molecule has 1 saturated carbocycles. The summed E-state index contributed by atoms with van der Waals surface area (Å²) in [4.78, 5) is 13.4. The number of aliphatic hydroxyl groups excluding tert-OH is 2. The van der Waals surface area contributed by atoms with E-state index in [9.17, 15) is 20.1 Å². The number of carboxylic acids is 1. The van der Waals surface area contributed by atoms with Crippen LogP contribution in [0.25, 0.3) is 0 Å². The fourth-order valence-electron chi connectivity index (χ4n) is 3.82. The van der Waals surface area contributed by atoms with Gasteiger partial charge < -0.3 is 15.3 Å². The summed E-state index contributed by atoms with van der Waals surface area (Å²) in [6.07, 6.45) is -1.25. The number of carbonyl (C=O) groups is 1. The van der Waals surface area contributed by atoms with Crippen LogP contribution >= 0.6 is 0 Å². The quantitative estimate of drug-likeness (QED) is 0.755. The van der Waals surface area contributed by atoms with Crippen LogP contribution in [0.15, 0.2) is 30.3 Å². The smallest absolute Gasteiger partial charge is 0.321 e. The molecule has 0 amide bonds. The summed E-state index contributed by atoms with van der Waals surface area (Å²) in [6, 6.07) is 8.55. The van der Waals surface area contributed by atoms with Gasteiger partial charge in [0.1, 0.15) is 6.04 Å². The molecule has 1 aliphatic carbocycles. The van der Waals surface area contributed by atoms with Crippen molar-refractivity contribution in [2.24, 2.45) is 5.92 Å². The Morgan fingerprint density at radius 1 is 1.25 bits per heavy atom. The summed E-state index contributed by atoms with van der Waals surface area (Å²) in [6.45, 7) is 1.95. The second kappa shape index (κ2) is 4.84. The molecule has 2 fully saturated rings. The first-order valence-electron chi connectivity index (χ1n) is 6.93. The monoisotopic (exact) mass is 277 g/mol. The van der Waals surface area contributed by atoms with Crippen LogP contribution in [0.5, 0.6) is 0 Å². The summed E-state index contributed by atoms with van der Waals surface area (Å²) in [5.41, 5.74) is 1.02. The number of aliphatic carboxylic acids is 1. The maximum Gasteiger partial charge on any atom is 0.321 e. The van der Waals surface area contributed by atoms with E-state index in [4.69, 9.17) is 0 Å². The van der Waals surface area contributed by atoms with Crippen molar-refractivity contribution in [3.05, 3.63) is 35.9 Å². The highest BCUT2D eigenvalue weighted by molar-refractivity contribution is 5.75. The van der Waals surface area contributed by atoms with Crippen LogP contribution in [-0.4, -0.2) is 50.5 Å². The Morgan fingerprint density at radius 2 is 1.90 bits per heavy atom. The van der Waals surface area contributed by atoms with Crippen molar-refractivity contribution in [1.82, 2.24) is 4.90 Å². The molecule has 5 heteroatoms. The second-order valence-corrected chi connectivity index (χ2v) is 5.77. The minimum absolute atomic E-state index is 0.102. The van der Waals surface area contributed by atoms with Crippen molar-refractivity contribution in [3.8, 4) is 0 Å². The Morgan fingerprint density at radius 3 is 2.50 bits per heavy atom. The number of hydrogen-bond donors (Lipinski definition) is 3. The van der Waals surface area contributed by atoms with Crippen LogP contribution in [0.1, 0.15) is 24.9 Å². The summed E-state index contributed by atoms with van der Waals surface area (Å²) in [5, 5.41) is 29.5. The van der Waals surface area contributed by atoms with Crippen LogP contribution < -0.4 is 0 Å². The third kappa shape index (κ3) is 1.85. The molecule has 6 atom stereocenters. The van der Waals surface area contributed by atoms with Gasteiger partial charge in [-0.2, -0.15) is 0 Å². The SMILES string of the molecule is C[C@@H](c1ccccc1)N1C2CC(C(O)C2O)C1C(=O)O. The fourth-order valence-corrected chi connectivity index (χ4v) is 3.82. The van der Waals surface area contributed by atoms with Crippen LogP contribution in [-0.2, 0) is 4.79 Å². The zero-order valence-corrected chi connectivity index (χ0v) is 11.3. The van der Waals surface area contributed by atoms with Crippen LogP contribution in [0.3, 0.4) is 0 Å². The van der Waals surface area contributed by atoms with Gasteiger partial charge in [-0.15, -0.1) is 0 Å². The lowest BCUT2D eigenvalue weighted by molar-refractivity contribution is -0.154. The van der Waals surface area contributed by atoms with Gasteiger partial charge in [0.2, 0.25) is 0 Å². The second-order valence-electron chi connectivity index (χ2n) is 5.77. The fraction of sp³-hybridized carbons (Fsp3) is 0.533. The van der Waals surface area contributed by atoms with Gasteiger partial charge in [-0.05, 0) is 18.9 Å². The summed E-state index contributed by atoms with van der Waals surface area (Å²) in [7, 11) is 0. The zero-order valence-electron chi connectivity index (χ0n) is 11.3. The Bertz CT molecular complexity index is 506. The predicted octanol–water partition coefficient (Wildman–Crippen LogP) is 0.627. The Kier molecular flexibility index (Phi) is 3.28. The highest BCUT2D eigenvalue weighted by Crippen LogP contribution is 2.46. The lowest BCUT2D eigenvalue weighted by Crippen LogP contribution is -2.57. The number of hydrogen-bond acceptors (Lipinski definition) is 4. The van der Waals surface area contributed by atoms with E-state index in [-0.39, 0.29) is 12.1 Å². The van der Waals surface area contributed by atoms with Crippen molar-refractivity contribution < 1.29 is 20.1 Å². The van der Waals surface area contributed by atoms with Crippen molar-refractivity contribution in [2.45, 2.75) is 43.7 Å². The van der Waals surface area contributed by atoms with Gasteiger partial charge >= 0.3 is 5.97 Å². The van der Waals surface area contributed by atoms with Crippen LogP contribution in [0, 0.1) is 5.92 Å². The van der Waals surface area contributed by atoms with Gasteiger partial charge in [-0.3, -0.25) is 9.69 Å². The van der Waals surface area contributed by atoms with E-state index in [1.165, 1.54) is 0 Å². The van der Waals surface area contributed by atoms with Crippen molar-refractivity contribution in [3.63, 3.8) is 0 Å². The normalized spacial score (nSPS) is 38.0. The molecular formula is C15H19NO4. The lowest BCUT2D eigenvalue weighted by Gasteiger charge is -2.41. The third-order valence-electron chi connectivity index (χ3n) is 4.79. The number of piperidine rings is 1. The van der Waals surface area contributed by atoms with E-state index in [0.717, 1.165) is 5.56 Å². The predicted molar refractivity (Wildman–Crippen MR) is 72.0 cm³/mol. The molecule has 5 unspecified atom stereocenters. The number of rotatable bonds is 3. The minimum Gasteiger partial charge on any atom is -0.480 e. The molecule has 2 bridgehead atoms. The molecule has 1 aromatic carbocycles. The molecule has 2 aliphatic rings. The molecule has 0 aromatic heterocycles. The maximum absolute atomic E-state index is 11.6. The average molecular weight is 277 g/mol. The standard InChI is InChI=1S/C15H19NO4/c1-8(9-5-3-2-4-6-9)16-11-7-10(12(16)15(19)20)13(17)14(11)18/h2-6,8,10-14,17-18H,7H2,1H3,(H,19,20)/t8-,10?,11?,12?,13?,14?/m0/s1. The highest BCUT2D eigenvalue weighted by atomic mass is 16.4. The number of aliphatic hydroxyl groups is 2. The van der Waals surface area contributed by atoms with E-state index >= 15 is 0 Å². The number of fused-ring (bicyclic) bond motifs is 2. The number of carboxylic acid groups (broad SMARTS) is 1. The molecule has 5 nitrogen and oxygen atoms in total. The van der Waals surface area contributed by atoms with Crippen LogP contribution in [0.2, 0.25) is 0 Å². The Hall–Kier alpha value is -1.43. The highest BCUT2D eigenvalue weighted by Gasteiger charge is 2.59. The van der Waals surface area contributed by atoms with E-state index < -0.39 is 30.1 Å². The number of likely N-dealkylation sites (tertiary alicyclic amines) is 1. The third-order valence-corrected chi connectivity index (χ3v) is 4.79. The number of benzene rings is 1. The molecule has 20 heavy (non-hydrogen) atoms. The summed E-state index contributed by atoms with van der Waals surface area (Å²) in [5.74, 6) is -1.31. The summed E-state index contributed by atoms with van der Waals surface area (Å²) >= 11 is 0. The maximum atomic E-state index is 11.6. The van der Waals surface area contributed by atoms with Gasteiger partial charge in [0.05, 0.1) is 12.2 Å². The van der Waals surface area contributed by atoms with Gasteiger partial charge in [-0.1, -0.05) is 30.3 Å². The Labute approximate surface area is 117 Å². The van der Waals surface area contributed by atoms with Crippen molar-refractivity contribution >= 4 is 5.97 Å². The first-order valence-corrected chi connectivity index (χ1v) is 6.93. The van der Waals surface area contributed by atoms with Crippen molar-refractivity contribution in [1.29, 1.82) is 0 Å². The molecule has 3 N–H and O–H groups in total. The van der Waals surface area contributed by atoms with Gasteiger partial charge in [0.25, 0.3) is 0 Å². The lowest BCUT2D eigenvalue weighted by atomic mass is 9.92. The largest absolute Gasteiger partial charge is 0.480 e. The molecule has 108 valence electrons. The van der Waals surface area contributed by atoms with E-state index in [2.05, 4.69) is 0 Å². The van der Waals surface area contributed by atoms with Gasteiger partial charge in [-0.25, -0.2) is 0 Å². The topological polar surface area (TPSA) is 81.0 Å². The first kappa shape index (κ1) is 13.5. The molecule has 1 heterocycles. The zero-order chi connectivity index (χ0) is 14.4. The van der Waals surface area contributed by atoms with Gasteiger partial charge in [0.15, 0.2) is 0 Å². The van der Waals surface area contributed by atoms with E-state index in [1.807, 2.05) is 42.2 Å². The number of nitrogens with zero attached hydrogens (tertiary/aromatic N) is 1. The molecule has 1 aliphatic heterocycles. The summed E-state index contributed by atoms with van der Waals surface area (Å²) < 4.78 is 0. The van der Waals surface area contributed by atoms with E-state index in [1.54, 1.807) is 0 Å². The average Bonchev–Trinajstić information content (AvgIpc) is 2.97. The molecular weight excluding hydrogens is 258 g/mol. The van der Waals surface area contributed by atoms with Crippen LogP contribution in [0.4, 0.5) is 0 Å². The molecule has 0 radical (unpaired) electrons. The van der Waals surface area contributed by atoms with E-state index in [0.29, 0.717) is 6.42 Å². The Balaban J connectivity index is 1.93. The minimum atomic E-state index is -0.930. The first-order chi connectivity index (χ1) is 9.52. The molecule has 3 rings (SSSR count). The van der Waals surface area contributed by atoms with Gasteiger partial charge in [0, 0.05) is 18.0 Å². The van der Waals surface area contributed by atoms with Crippen molar-refractivity contribution in [2.75, 3.05) is 0 Å². The molecule has 1 aromatic rings.